The Labute approximate surface area is 291 Å². The Morgan fingerprint density at radius 2 is 0.700 bits per heavy atom. The van der Waals surface area contributed by atoms with Crippen LogP contribution in [-0.2, 0) is 0 Å². The lowest BCUT2D eigenvalue weighted by molar-refractivity contribution is 1.63. The van der Waals surface area contributed by atoms with Gasteiger partial charge in [0.1, 0.15) is 0 Å². The van der Waals surface area contributed by atoms with Crippen LogP contribution >= 0.6 is 0 Å². The smallest absolute Gasteiger partial charge is 0.00262 e. The molecule has 10 rings (SSSR count). The molecule has 0 bridgehead atoms. The monoisotopic (exact) mass is 632 g/mol. The maximum absolute atomic E-state index is 2.44. The second kappa shape index (κ2) is 11.6. The highest BCUT2D eigenvalue weighted by Crippen LogP contribution is 2.46. The predicted molar refractivity (Wildman–Crippen MR) is 216 cm³/mol. The van der Waals surface area contributed by atoms with Gasteiger partial charge in [-0.1, -0.05) is 182 Å². The largest absolute Gasteiger partial charge is 0.0622 e. The van der Waals surface area contributed by atoms with Gasteiger partial charge in [0.05, 0.1) is 0 Å². The molecule has 0 saturated carbocycles. The summed E-state index contributed by atoms with van der Waals surface area (Å²) in [7, 11) is 0. The van der Waals surface area contributed by atoms with Crippen molar-refractivity contribution < 1.29 is 0 Å². The van der Waals surface area contributed by atoms with Crippen LogP contribution in [0.2, 0.25) is 0 Å². The van der Waals surface area contributed by atoms with E-state index in [4.69, 9.17) is 0 Å². The van der Waals surface area contributed by atoms with Crippen molar-refractivity contribution in [1.29, 1.82) is 0 Å². The van der Waals surface area contributed by atoms with Crippen LogP contribution in [0.4, 0.5) is 0 Å². The van der Waals surface area contributed by atoms with Crippen LogP contribution in [0.25, 0.3) is 98.4 Å². The van der Waals surface area contributed by atoms with Crippen LogP contribution in [0.5, 0.6) is 0 Å². The molecule has 0 unspecified atom stereocenters. The molecule has 0 aromatic heterocycles. The first kappa shape index (κ1) is 28.5. The molecule has 232 valence electrons. The van der Waals surface area contributed by atoms with Crippen LogP contribution in [0.3, 0.4) is 0 Å². The second-order valence-corrected chi connectivity index (χ2v) is 13.2. The van der Waals surface area contributed by atoms with E-state index in [1.807, 2.05) is 0 Å². The van der Waals surface area contributed by atoms with Gasteiger partial charge in [0, 0.05) is 0 Å². The van der Waals surface area contributed by atoms with E-state index in [0.717, 1.165) is 0 Å². The van der Waals surface area contributed by atoms with E-state index in [-0.39, 0.29) is 0 Å². The van der Waals surface area contributed by atoms with Crippen molar-refractivity contribution in [3.63, 3.8) is 0 Å². The van der Waals surface area contributed by atoms with Crippen LogP contribution in [-0.4, -0.2) is 0 Å². The average Bonchev–Trinajstić information content (AvgIpc) is 3.19. The molecule has 0 amide bonds. The normalized spacial score (nSPS) is 11.6. The number of benzene rings is 10. The zero-order chi connectivity index (χ0) is 33.0. The minimum atomic E-state index is 1.22. The van der Waals surface area contributed by atoms with Crippen LogP contribution in [0, 0.1) is 0 Å². The summed E-state index contributed by atoms with van der Waals surface area (Å²) in [4.78, 5) is 0. The van der Waals surface area contributed by atoms with E-state index in [1.165, 1.54) is 98.4 Å². The standard InChI is InChI=1S/C50H32/c1-2-14-35(15-3-1)50-45-23-11-10-22-44(45)49(36-27-25-34(26-28-36)40-24-12-17-33-13-4-6-18-39(33)40)46-30-29-38(32-48(46)50)47-31-37-16-5-7-19-41(37)42-20-8-9-21-43(42)47/h1-32H. The van der Waals surface area contributed by atoms with Gasteiger partial charge in [-0.3, -0.25) is 0 Å². The quantitative estimate of drug-likeness (QED) is 0.134. The van der Waals surface area contributed by atoms with E-state index in [9.17, 15) is 0 Å². The van der Waals surface area contributed by atoms with Gasteiger partial charge in [-0.15, -0.1) is 0 Å². The lowest BCUT2D eigenvalue weighted by Gasteiger charge is -2.19. The summed E-state index contributed by atoms with van der Waals surface area (Å²) in [5.41, 5.74) is 9.97. The van der Waals surface area contributed by atoms with Gasteiger partial charge >= 0.3 is 0 Å². The third-order valence-electron chi connectivity index (χ3n) is 10.4. The summed E-state index contributed by atoms with van der Waals surface area (Å²) in [5, 5.41) is 12.7. The number of fused-ring (bicyclic) bond motifs is 6. The zero-order valence-electron chi connectivity index (χ0n) is 27.5. The Morgan fingerprint density at radius 1 is 0.200 bits per heavy atom. The summed E-state index contributed by atoms with van der Waals surface area (Å²) >= 11 is 0. The summed E-state index contributed by atoms with van der Waals surface area (Å²) in [5.74, 6) is 0. The minimum Gasteiger partial charge on any atom is -0.0622 e. The summed E-state index contributed by atoms with van der Waals surface area (Å²) in [6.07, 6.45) is 0. The van der Waals surface area contributed by atoms with Gasteiger partial charge in [0.15, 0.2) is 0 Å². The van der Waals surface area contributed by atoms with Gasteiger partial charge in [0.25, 0.3) is 0 Å². The molecule has 0 N–H and O–H groups in total. The molecule has 0 spiro atoms. The van der Waals surface area contributed by atoms with Crippen molar-refractivity contribution in [1.82, 2.24) is 0 Å². The minimum absolute atomic E-state index is 1.22. The number of hydrogen-bond donors (Lipinski definition) is 0. The average molecular weight is 633 g/mol. The van der Waals surface area contributed by atoms with Gasteiger partial charge in [0.2, 0.25) is 0 Å². The van der Waals surface area contributed by atoms with Gasteiger partial charge < -0.3 is 0 Å². The number of rotatable bonds is 4. The lowest BCUT2D eigenvalue weighted by Crippen LogP contribution is -1.92. The molecule has 0 nitrogen and oxygen atoms in total. The Balaban J connectivity index is 1.25. The first-order chi connectivity index (χ1) is 24.8. The first-order valence-electron chi connectivity index (χ1n) is 17.4. The highest BCUT2D eigenvalue weighted by Gasteiger charge is 2.18. The van der Waals surface area contributed by atoms with E-state index < -0.39 is 0 Å². The van der Waals surface area contributed by atoms with Gasteiger partial charge in [-0.05, 0) is 111 Å². The zero-order valence-corrected chi connectivity index (χ0v) is 27.5. The maximum Gasteiger partial charge on any atom is -0.00262 e. The van der Waals surface area contributed by atoms with Gasteiger partial charge in [-0.2, -0.15) is 0 Å². The van der Waals surface area contributed by atoms with Crippen molar-refractivity contribution in [3.8, 4) is 44.5 Å². The topological polar surface area (TPSA) is 0 Å². The Bertz CT molecular complexity index is 2890. The van der Waals surface area contributed by atoms with Crippen LogP contribution in [0.15, 0.2) is 194 Å². The van der Waals surface area contributed by atoms with E-state index in [1.54, 1.807) is 0 Å². The molecule has 0 radical (unpaired) electrons. The second-order valence-electron chi connectivity index (χ2n) is 13.2. The molecule has 10 aromatic rings. The predicted octanol–water partition coefficient (Wildman–Crippen LogP) is 14.1. The summed E-state index contributed by atoms with van der Waals surface area (Å²) < 4.78 is 0. The fraction of sp³-hybridized carbons (Fsp3) is 0. The van der Waals surface area contributed by atoms with E-state index in [2.05, 4.69) is 194 Å². The van der Waals surface area contributed by atoms with Crippen molar-refractivity contribution in [2.45, 2.75) is 0 Å². The SMILES string of the molecule is c1ccc(-c2c3ccccc3c(-c3ccc(-c4cccc5ccccc45)cc3)c3ccc(-c4cc5ccccc5c5ccccc45)cc23)cc1. The maximum atomic E-state index is 2.44. The van der Waals surface area contributed by atoms with Crippen molar-refractivity contribution >= 4 is 53.9 Å². The highest BCUT2D eigenvalue weighted by atomic mass is 14.2. The molecule has 0 atom stereocenters. The molecule has 0 aliphatic heterocycles. The van der Waals surface area contributed by atoms with Crippen molar-refractivity contribution in [3.05, 3.63) is 194 Å². The molecule has 0 heterocycles. The molecular weight excluding hydrogens is 601 g/mol. The van der Waals surface area contributed by atoms with E-state index >= 15 is 0 Å². The van der Waals surface area contributed by atoms with Crippen LogP contribution < -0.4 is 0 Å². The molecule has 0 fully saturated rings. The molecular formula is C50H32. The van der Waals surface area contributed by atoms with Crippen molar-refractivity contribution in [2.75, 3.05) is 0 Å². The molecule has 0 aliphatic carbocycles. The Morgan fingerprint density at radius 3 is 1.46 bits per heavy atom. The molecule has 0 saturated heterocycles. The third-order valence-corrected chi connectivity index (χ3v) is 10.4. The first-order valence-corrected chi connectivity index (χ1v) is 17.4. The summed E-state index contributed by atoms with van der Waals surface area (Å²) in [6.45, 7) is 0. The Hall–Kier alpha value is -6.50. The fourth-order valence-electron chi connectivity index (χ4n) is 8.16. The number of hydrogen-bond acceptors (Lipinski definition) is 0. The fourth-order valence-corrected chi connectivity index (χ4v) is 8.16. The lowest BCUT2D eigenvalue weighted by atomic mass is 9.84. The molecule has 0 heteroatoms. The van der Waals surface area contributed by atoms with E-state index in [0.29, 0.717) is 0 Å². The van der Waals surface area contributed by atoms with Gasteiger partial charge in [-0.25, -0.2) is 0 Å². The van der Waals surface area contributed by atoms with Crippen molar-refractivity contribution in [2.24, 2.45) is 0 Å². The highest BCUT2D eigenvalue weighted by molar-refractivity contribution is 6.23. The van der Waals surface area contributed by atoms with Crippen LogP contribution in [0.1, 0.15) is 0 Å². The molecule has 10 aromatic carbocycles. The molecule has 0 aliphatic rings. The third kappa shape index (κ3) is 4.54. The molecule has 50 heavy (non-hydrogen) atoms. The summed E-state index contributed by atoms with van der Waals surface area (Å²) in [6, 6.07) is 71.3. The Kier molecular flexibility index (Phi) is 6.60.